The van der Waals surface area contributed by atoms with Gasteiger partial charge in [-0.3, -0.25) is 4.79 Å². The van der Waals surface area contributed by atoms with Crippen molar-refractivity contribution in [3.8, 4) is 0 Å². The van der Waals surface area contributed by atoms with Crippen LogP contribution in [0.2, 0.25) is 5.02 Å². The quantitative estimate of drug-likeness (QED) is 0.724. The van der Waals surface area contributed by atoms with Crippen LogP contribution in [0, 0.1) is 0 Å². The van der Waals surface area contributed by atoms with Gasteiger partial charge in [-0.25, -0.2) is 4.98 Å². The van der Waals surface area contributed by atoms with Gasteiger partial charge in [0.1, 0.15) is 11.3 Å². The predicted octanol–water partition coefficient (Wildman–Crippen LogP) is 5.24. The van der Waals surface area contributed by atoms with E-state index in [-0.39, 0.29) is 11.2 Å². The highest BCUT2D eigenvalue weighted by molar-refractivity contribution is 8.01. The molecule has 0 atom stereocenters. The van der Waals surface area contributed by atoms with E-state index in [0.717, 1.165) is 10.4 Å². The SMILES string of the molecule is CC(=O)C(C)(C)Sc1c(Cl)ccc2nc(C(C)(C)C)oc12. The van der Waals surface area contributed by atoms with Gasteiger partial charge in [-0.1, -0.05) is 32.4 Å². The van der Waals surface area contributed by atoms with Crippen molar-refractivity contribution in [2.75, 3.05) is 0 Å². The normalized spacial score (nSPS) is 12.9. The molecule has 2 aromatic rings. The molecule has 114 valence electrons. The van der Waals surface area contributed by atoms with Crippen LogP contribution in [-0.4, -0.2) is 15.5 Å². The molecule has 0 saturated carbocycles. The van der Waals surface area contributed by atoms with Gasteiger partial charge in [-0.05, 0) is 32.9 Å². The standard InChI is InChI=1S/C16H20ClNO2S/c1-9(19)16(5,6)21-13-10(17)7-8-11-12(13)20-14(18-11)15(2,3)4/h7-8H,1-6H3. The molecule has 2 rings (SSSR count). The number of carbonyl (C=O) groups is 1. The summed E-state index contributed by atoms with van der Waals surface area (Å²) in [6.45, 7) is 11.5. The Morgan fingerprint density at radius 3 is 2.38 bits per heavy atom. The van der Waals surface area contributed by atoms with Crippen LogP contribution in [-0.2, 0) is 10.2 Å². The summed E-state index contributed by atoms with van der Waals surface area (Å²) in [5.41, 5.74) is 1.25. The number of benzene rings is 1. The van der Waals surface area contributed by atoms with E-state index in [0.29, 0.717) is 16.5 Å². The summed E-state index contributed by atoms with van der Waals surface area (Å²) in [5.74, 6) is 0.762. The fourth-order valence-electron chi connectivity index (χ4n) is 1.69. The van der Waals surface area contributed by atoms with E-state index in [1.54, 1.807) is 13.0 Å². The lowest BCUT2D eigenvalue weighted by Crippen LogP contribution is -2.24. The van der Waals surface area contributed by atoms with Crippen molar-refractivity contribution in [3.63, 3.8) is 0 Å². The van der Waals surface area contributed by atoms with Crippen LogP contribution in [0.15, 0.2) is 21.4 Å². The van der Waals surface area contributed by atoms with Gasteiger partial charge < -0.3 is 4.42 Å². The van der Waals surface area contributed by atoms with E-state index in [1.165, 1.54) is 11.8 Å². The number of oxazole rings is 1. The summed E-state index contributed by atoms with van der Waals surface area (Å²) >= 11 is 7.74. The molecule has 3 nitrogen and oxygen atoms in total. The van der Waals surface area contributed by atoms with Gasteiger partial charge in [0.05, 0.1) is 14.7 Å². The fourth-order valence-corrected chi connectivity index (χ4v) is 3.01. The van der Waals surface area contributed by atoms with Crippen LogP contribution < -0.4 is 0 Å². The summed E-state index contributed by atoms with van der Waals surface area (Å²) in [5, 5.41) is 0.582. The number of hydrogen-bond acceptors (Lipinski definition) is 4. The van der Waals surface area contributed by atoms with Gasteiger partial charge in [0, 0.05) is 5.41 Å². The highest BCUT2D eigenvalue weighted by Gasteiger charge is 2.29. The summed E-state index contributed by atoms with van der Waals surface area (Å²) in [4.78, 5) is 17.1. The number of Topliss-reactive ketones (excluding diaryl/α,β-unsaturated/α-hetero) is 1. The second-order valence-corrected chi connectivity index (χ2v) is 8.70. The van der Waals surface area contributed by atoms with Crippen LogP contribution in [0.5, 0.6) is 0 Å². The first kappa shape index (κ1) is 16.4. The van der Waals surface area contributed by atoms with Crippen LogP contribution in [0.3, 0.4) is 0 Å². The zero-order chi connectivity index (χ0) is 16.0. The lowest BCUT2D eigenvalue weighted by Gasteiger charge is -2.20. The fraction of sp³-hybridized carbons (Fsp3) is 0.500. The van der Waals surface area contributed by atoms with Crippen LogP contribution in [0.25, 0.3) is 11.1 Å². The molecule has 0 N–H and O–H groups in total. The molecule has 1 aromatic heterocycles. The van der Waals surface area contributed by atoms with Gasteiger partial charge in [0.15, 0.2) is 5.58 Å². The number of fused-ring (bicyclic) bond motifs is 1. The molecule has 21 heavy (non-hydrogen) atoms. The largest absolute Gasteiger partial charge is 0.439 e. The van der Waals surface area contributed by atoms with E-state index in [2.05, 4.69) is 4.98 Å². The number of ketones is 1. The molecule has 1 heterocycles. The summed E-state index contributed by atoms with van der Waals surface area (Å²) in [6, 6.07) is 3.65. The molecular formula is C16H20ClNO2S. The van der Waals surface area contributed by atoms with Gasteiger partial charge in [-0.15, -0.1) is 11.8 Å². The molecule has 0 unspecified atom stereocenters. The van der Waals surface area contributed by atoms with Crippen molar-refractivity contribution in [1.82, 2.24) is 4.98 Å². The number of carbonyl (C=O) groups excluding carboxylic acids is 1. The van der Waals surface area contributed by atoms with E-state index >= 15 is 0 Å². The van der Waals surface area contributed by atoms with E-state index in [1.807, 2.05) is 40.7 Å². The first-order chi connectivity index (χ1) is 9.52. The van der Waals surface area contributed by atoms with Crippen molar-refractivity contribution in [2.45, 2.75) is 56.6 Å². The van der Waals surface area contributed by atoms with Crippen molar-refractivity contribution >= 4 is 40.2 Å². The van der Waals surface area contributed by atoms with E-state index in [9.17, 15) is 4.79 Å². The number of halogens is 1. The molecule has 0 fully saturated rings. The molecule has 0 bridgehead atoms. The Kier molecular flexibility index (Phi) is 4.15. The average Bonchev–Trinajstić information content (AvgIpc) is 2.76. The molecule has 0 radical (unpaired) electrons. The van der Waals surface area contributed by atoms with Crippen molar-refractivity contribution in [1.29, 1.82) is 0 Å². The highest BCUT2D eigenvalue weighted by Crippen LogP contribution is 2.42. The second-order valence-electron chi connectivity index (χ2n) is 6.66. The minimum atomic E-state index is -0.563. The van der Waals surface area contributed by atoms with Crippen LogP contribution in [0.4, 0.5) is 0 Å². The molecule has 0 amide bonds. The topological polar surface area (TPSA) is 43.1 Å². The minimum absolute atomic E-state index is 0.0936. The van der Waals surface area contributed by atoms with Crippen LogP contribution in [0.1, 0.15) is 47.4 Å². The number of hydrogen-bond donors (Lipinski definition) is 0. The number of aromatic nitrogens is 1. The Morgan fingerprint density at radius 2 is 1.86 bits per heavy atom. The third-order valence-corrected chi connectivity index (χ3v) is 5.14. The van der Waals surface area contributed by atoms with Crippen molar-refractivity contribution in [3.05, 3.63) is 23.0 Å². The highest BCUT2D eigenvalue weighted by atomic mass is 35.5. The summed E-state index contributed by atoms with van der Waals surface area (Å²) < 4.78 is 5.38. The molecule has 1 aromatic carbocycles. The van der Waals surface area contributed by atoms with Gasteiger partial charge in [-0.2, -0.15) is 0 Å². The summed E-state index contributed by atoms with van der Waals surface area (Å²) in [7, 11) is 0. The molecule has 0 aliphatic carbocycles. The Hall–Kier alpha value is -1.00. The molecular weight excluding hydrogens is 306 g/mol. The van der Waals surface area contributed by atoms with Gasteiger partial charge >= 0.3 is 0 Å². The maximum Gasteiger partial charge on any atom is 0.200 e. The molecule has 0 spiro atoms. The predicted molar refractivity (Wildman–Crippen MR) is 88.3 cm³/mol. The van der Waals surface area contributed by atoms with Crippen molar-refractivity contribution < 1.29 is 9.21 Å². The van der Waals surface area contributed by atoms with E-state index < -0.39 is 4.75 Å². The maximum absolute atomic E-state index is 11.8. The monoisotopic (exact) mass is 325 g/mol. The molecule has 5 heteroatoms. The molecule has 0 saturated heterocycles. The Balaban J connectivity index is 2.60. The van der Waals surface area contributed by atoms with Crippen molar-refractivity contribution in [2.24, 2.45) is 0 Å². The minimum Gasteiger partial charge on any atom is -0.439 e. The zero-order valence-corrected chi connectivity index (χ0v) is 14.8. The summed E-state index contributed by atoms with van der Waals surface area (Å²) in [6.07, 6.45) is 0. The molecule has 0 aliphatic rings. The van der Waals surface area contributed by atoms with E-state index in [4.69, 9.17) is 16.0 Å². The first-order valence-electron chi connectivity index (χ1n) is 6.82. The Morgan fingerprint density at radius 1 is 1.24 bits per heavy atom. The average molecular weight is 326 g/mol. The Bertz CT molecular complexity index is 698. The smallest absolute Gasteiger partial charge is 0.200 e. The second kappa shape index (κ2) is 5.33. The number of nitrogens with zero attached hydrogens (tertiary/aromatic N) is 1. The number of thioether (sulfide) groups is 1. The van der Waals surface area contributed by atoms with Gasteiger partial charge in [0.25, 0.3) is 0 Å². The van der Waals surface area contributed by atoms with Gasteiger partial charge in [0.2, 0.25) is 5.89 Å². The first-order valence-corrected chi connectivity index (χ1v) is 8.01. The number of rotatable bonds is 3. The third-order valence-electron chi connectivity index (χ3n) is 3.31. The lowest BCUT2D eigenvalue weighted by molar-refractivity contribution is -0.118. The lowest BCUT2D eigenvalue weighted by atomic mass is 9.97. The third kappa shape index (κ3) is 3.27. The maximum atomic E-state index is 11.8. The zero-order valence-electron chi connectivity index (χ0n) is 13.2. The molecule has 0 aliphatic heterocycles. The van der Waals surface area contributed by atoms with Crippen LogP contribution >= 0.6 is 23.4 Å². The Labute approximate surface area is 134 Å².